The molecule has 0 aromatic carbocycles. The first-order chi connectivity index (χ1) is 9.39. The van der Waals surface area contributed by atoms with E-state index in [2.05, 4.69) is 57.1 Å². The third-order valence-corrected chi connectivity index (χ3v) is 3.88. The minimum atomic E-state index is -0.163. The van der Waals surface area contributed by atoms with E-state index in [-0.39, 0.29) is 5.60 Å². The molecular weight excluding hydrogens is 248 g/mol. The van der Waals surface area contributed by atoms with Gasteiger partial charge in [0.05, 0.1) is 0 Å². The molecule has 1 N–H and O–H groups in total. The topological polar surface area (TPSA) is 34.1 Å². The molecule has 0 amide bonds. The van der Waals surface area contributed by atoms with Crippen molar-refractivity contribution in [3.8, 4) is 5.88 Å². The zero-order valence-electron chi connectivity index (χ0n) is 13.5. The molecular formula is C17H28N2O. The van der Waals surface area contributed by atoms with Gasteiger partial charge in [-0.1, -0.05) is 20.8 Å². The van der Waals surface area contributed by atoms with Crippen LogP contribution in [-0.4, -0.2) is 16.6 Å². The van der Waals surface area contributed by atoms with E-state index in [1.165, 1.54) is 18.4 Å². The van der Waals surface area contributed by atoms with E-state index in [1.807, 2.05) is 0 Å². The Kier molecular flexibility index (Phi) is 4.69. The molecule has 1 saturated carbocycles. The Morgan fingerprint density at radius 1 is 1.35 bits per heavy atom. The molecule has 0 unspecified atom stereocenters. The third kappa shape index (κ3) is 4.48. The van der Waals surface area contributed by atoms with Crippen molar-refractivity contribution in [2.45, 2.75) is 78.0 Å². The maximum atomic E-state index is 6.07. The number of hydrogen-bond donors (Lipinski definition) is 1. The molecule has 0 atom stereocenters. The van der Waals surface area contributed by atoms with Gasteiger partial charge in [-0.3, -0.25) is 0 Å². The Morgan fingerprint density at radius 3 is 2.60 bits per heavy atom. The first-order valence-corrected chi connectivity index (χ1v) is 7.83. The van der Waals surface area contributed by atoms with Gasteiger partial charge < -0.3 is 10.1 Å². The molecule has 1 aromatic rings. The Labute approximate surface area is 123 Å². The van der Waals surface area contributed by atoms with Gasteiger partial charge >= 0.3 is 0 Å². The average Bonchev–Trinajstić information content (AvgIpc) is 3.19. The lowest BCUT2D eigenvalue weighted by atomic mass is 10.1. The SMILES string of the molecule is CCC(C)(C)Oc1cc(CNC2CC2)cc(C(C)C)n1. The van der Waals surface area contributed by atoms with Gasteiger partial charge in [-0.05, 0) is 50.7 Å². The Morgan fingerprint density at radius 2 is 2.05 bits per heavy atom. The summed E-state index contributed by atoms with van der Waals surface area (Å²) in [4.78, 5) is 4.66. The quantitative estimate of drug-likeness (QED) is 0.816. The van der Waals surface area contributed by atoms with Gasteiger partial charge in [-0.15, -0.1) is 0 Å². The molecule has 2 rings (SSSR count). The molecule has 0 radical (unpaired) electrons. The van der Waals surface area contributed by atoms with Crippen molar-refractivity contribution in [3.05, 3.63) is 23.4 Å². The fourth-order valence-electron chi connectivity index (χ4n) is 1.94. The smallest absolute Gasteiger partial charge is 0.214 e. The predicted molar refractivity (Wildman–Crippen MR) is 83.2 cm³/mol. The standard InChI is InChI=1S/C17H28N2O/c1-6-17(4,5)20-16-10-13(11-18-14-7-8-14)9-15(19-16)12(2)3/h9-10,12,14,18H,6-8,11H2,1-5H3. The number of rotatable bonds is 7. The summed E-state index contributed by atoms with van der Waals surface area (Å²) in [6.07, 6.45) is 3.60. The van der Waals surface area contributed by atoms with Crippen molar-refractivity contribution in [2.24, 2.45) is 0 Å². The minimum Gasteiger partial charge on any atom is -0.472 e. The molecule has 0 bridgehead atoms. The lowest BCUT2D eigenvalue weighted by Gasteiger charge is -2.25. The summed E-state index contributed by atoms with van der Waals surface area (Å²) in [7, 11) is 0. The number of ether oxygens (including phenoxy) is 1. The molecule has 0 aliphatic heterocycles. The summed E-state index contributed by atoms with van der Waals surface area (Å²) in [5, 5.41) is 3.56. The van der Waals surface area contributed by atoms with Crippen molar-refractivity contribution in [1.82, 2.24) is 10.3 Å². The highest BCUT2D eigenvalue weighted by Crippen LogP contribution is 2.25. The van der Waals surface area contributed by atoms with Crippen LogP contribution in [0.4, 0.5) is 0 Å². The molecule has 1 heterocycles. The van der Waals surface area contributed by atoms with E-state index < -0.39 is 0 Å². The van der Waals surface area contributed by atoms with Gasteiger partial charge in [0.15, 0.2) is 0 Å². The van der Waals surface area contributed by atoms with Crippen LogP contribution in [0.5, 0.6) is 5.88 Å². The fourth-order valence-corrected chi connectivity index (χ4v) is 1.94. The number of pyridine rings is 1. The molecule has 1 aliphatic carbocycles. The molecule has 1 fully saturated rings. The number of nitrogens with zero attached hydrogens (tertiary/aromatic N) is 1. The Balaban J connectivity index is 2.15. The molecule has 20 heavy (non-hydrogen) atoms. The van der Waals surface area contributed by atoms with Crippen LogP contribution in [0.15, 0.2) is 12.1 Å². The predicted octanol–water partition coefficient (Wildman–Crippen LogP) is 4.02. The molecule has 3 nitrogen and oxygen atoms in total. The van der Waals surface area contributed by atoms with Gasteiger partial charge in [-0.25, -0.2) is 4.98 Å². The summed E-state index contributed by atoms with van der Waals surface area (Å²) in [6.45, 7) is 11.6. The van der Waals surface area contributed by atoms with Gasteiger partial charge in [0.1, 0.15) is 5.60 Å². The first-order valence-electron chi connectivity index (χ1n) is 7.83. The van der Waals surface area contributed by atoms with E-state index >= 15 is 0 Å². The zero-order valence-corrected chi connectivity index (χ0v) is 13.5. The molecule has 1 aromatic heterocycles. The van der Waals surface area contributed by atoms with Gasteiger partial charge in [0.25, 0.3) is 0 Å². The third-order valence-electron chi connectivity index (χ3n) is 3.88. The van der Waals surface area contributed by atoms with Gasteiger partial charge in [0.2, 0.25) is 5.88 Å². The lowest BCUT2D eigenvalue weighted by molar-refractivity contribution is 0.0985. The summed E-state index contributed by atoms with van der Waals surface area (Å²) in [6, 6.07) is 5.01. The lowest BCUT2D eigenvalue weighted by Crippen LogP contribution is -2.27. The number of aromatic nitrogens is 1. The molecule has 0 spiro atoms. The van der Waals surface area contributed by atoms with Crippen LogP contribution in [0.25, 0.3) is 0 Å². The maximum absolute atomic E-state index is 6.07. The number of hydrogen-bond acceptors (Lipinski definition) is 3. The molecule has 3 heteroatoms. The maximum Gasteiger partial charge on any atom is 0.214 e. The normalized spacial score (nSPS) is 15.7. The van der Waals surface area contributed by atoms with Crippen LogP contribution < -0.4 is 10.1 Å². The molecule has 1 aliphatic rings. The van der Waals surface area contributed by atoms with Crippen LogP contribution >= 0.6 is 0 Å². The Hall–Kier alpha value is -1.09. The highest BCUT2D eigenvalue weighted by molar-refractivity contribution is 5.27. The molecule has 112 valence electrons. The van der Waals surface area contributed by atoms with Gasteiger partial charge in [0, 0.05) is 24.3 Å². The van der Waals surface area contributed by atoms with Crippen molar-refractivity contribution >= 4 is 0 Å². The van der Waals surface area contributed by atoms with E-state index in [0.29, 0.717) is 5.92 Å². The number of nitrogens with one attached hydrogen (secondary N) is 1. The van der Waals surface area contributed by atoms with Crippen molar-refractivity contribution in [2.75, 3.05) is 0 Å². The second kappa shape index (κ2) is 6.13. The summed E-state index contributed by atoms with van der Waals surface area (Å²) in [5.74, 6) is 1.18. The van der Waals surface area contributed by atoms with Crippen LogP contribution in [0.1, 0.15) is 71.1 Å². The largest absolute Gasteiger partial charge is 0.472 e. The monoisotopic (exact) mass is 276 g/mol. The van der Waals surface area contributed by atoms with E-state index in [4.69, 9.17) is 4.74 Å². The summed E-state index contributed by atoms with van der Waals surface area (Å²) < 4.78 is 6.07. The second-order valence-corrected chi connectivity index (χ2v) is 6.76. The molecule has 0 saturated heterocycles. The van der Waals surface area contributed by atoms with E-state index in [0.717, 1.165) is 30.6 Å². The second-order valence-electron chi connectivity index (χ2n) is 6.76. The van der Waals surface area contributed by atoms with Gasteiger partial charge in [-0.2, -0.15) is 0 Å². The highest BCUT2D eigenvalue weighted by Gasteiger charge is 2.21. The van der Waals surface area contributed by atoms with Crippen LogP contribution in [-0.2, 0) is 6.54 Å². The average molecular weight is 276 g/mol. The van der Waals surface area contributed by atoms with Crippen molar-refractivity contribution < 1.29 is 4.74 Å². The summed E-state index contributed by atoms with van der Waals surface area (Å²) >= 11 is 0. The van der Waals surface area contributed by atoms with Crippen LogP contribution in [0.2, 0.25) is 0 Å². The van der Waals surface area contributed by atoms with E-state index in [1.54, 1.807) is 0 Å². The zero-order chi connectivity index (χ0) is 14.8. The van der Waals surface area contributed by atoms with E-state index in [9.17, 15) is 0 Å². The minimum absolute atomic E-state index is 0.163. The van der Waals surface area contributed by atoms with Crippen LogP contribution in [0, 0.1) is 0 Å². The highest BCUT2D eigenvalue weighted by atomic mass is 16.5. The Bertz CT molecular complexity index is 450. The van der Waals surface area contributed by atoms with Crippen molar-refractivity contribution in [1.29, 1.82) is 0 Å². The fraction of sp³-hybridized carbons (Fsp3) is 0.706. The van der Waals surface area contributed by atoms with Crippen molar-refractivity contribution in [3.63, 3.8) is 0 Å². The summed E-state index contributed by atoms with van der Waals surface area (Å²) in [5.41, 5.74) is 2.23. The van der Waals surface area contributed by atoms with Crippen LogP contribution in [0.3, 0.4) is 0 Å². The first kappa shape index (κ1) is 15.3.